The van der Waals surface area contributed by atoms with Crippen molar-refractivity contribution in [1.82, 2.24) is 10.2 Å². The molecule has 1 unspecified atom stereocenters. The van der Waals surface area contributed by atoms with Crippen LogP contribution in [0.4, 0.5) is 5.69 Å². The molecule has 44 heavy (non-hydrogen) atoms. The number of rotatable bonds is 14. The second-order valence-electron chi connectivity index (χ2n) is 10.3. The Morgan fingerprint density at radius 3 is 2.05 bits per heavy atom. The summed E-state index contributed by atoms with van der Waals surface area (Å²) in [5, 5.41) is 2.88. The maximum absolute atomic E-state index is 14.4. The van der Waals surface area contributed by atoms with E-state index in [1.807, 2.05) is 75.4 Å². The van der Waals surface area contributed by atoms with Gasteiger partial charge in [0, 0.05) is 19.5 Å². The van der Waals surface area contributed by atoms with Gasteiger partial charge in [-0.05, 0) is 73.9 Å². The normalized spacial score (nSPS) is 11.8. The van der Waals surface area contributed by atoms with E-state index in [2.05, 4.69) is 5.32 Å². The minimum absolute atomic E-state index is 0.0209. The highest BCUT2D eigenvalue weighted by Gasteiger charge is 2.34. The molecule has 0 aliphatic carbocycles. The fraction of sp³-hybridized carbons (Fsp3) is 0.257. The van der Waals surface area contributed by atoms with E-state index >= 15 is 0 Å². The Kier molecular flexibility index (Phi) is 11.2. The number of carbonyl (C=O) groups excluding carboxylic acids is 2. The van der Waals surface area contributed by atoms with Crippen LogP contribution in [0.1, 0.15) is 30.5 Å². The summed E-state index contributed by atoms with van der Waals surface area (Å²) in [6.07, 6.45) is 0.265. The minimum Gasteiger partial charge on any atom is -0.494 e. The molecular weight excluding hydrogens is 574 g/mol. The van der Waals surface area contributed by atoms with Crippen LogP contribution < -0.4 is 14.4 Å². The molecule has 230 valence electrons. The average molecular weight is 614 g/mol. The fourth-order valence-corrected chi connectivity index (χ4v) is 6.36. The largest absolute Gasteiger partial charge is 0.494 e. The van der Waals surface area contributed by atoms with Crippen LogP contribution in [0.5, 0.6) is 5.75 Å². The van der Waals surface area contributed by atoms with Crippen LogP contribution in [-0.2, 0) is 32.6 Å². The van der Waals surface area contributed by atoms with Gasteiger partial charge in [-0.3, -0.25) is 13.9 Å². The topological polar surface area (TPSA) is 96.0 Å². The highest BCUT2D eigenvalue weighted by Crippen LogP contribution is 2.26. The Hall–Kier alpha value is -4.63. The van der Waals surface area contributed by atoms with E-state index in [-0.39, 0.29) is 23.8 Å². The highest BCUT2D eigenvalue weighted by molar-refractivity contribution is 7.92. The number of amides is 2. The zero-order valence-corrected chi connectivity index (χ0v) is 26.2. The third-order valence-electron chi connectivity index (χ3n) is 7.27. The molecule has 0 spiro atoms. The third kappa shape index (κ3) is 8.05. The zero-order valence-electron chi connectivity index (χ0n) is 25.3. The van der Waals surface area contributed by atoms with Crippen molar-refractivity contribution in [2.75, 3.05) is 24.0 Å². The molecule has 4 aromatic carbocycles. The quantitative estimate of drug-likeness (QED) is 0.207. The number of hydrogen-bond acceptors (Lipinski definition) is 5. The second-order valence-corrected chi connectivity index (χ2v) is 12.2. The van der Waals surface area contributed by atoms with Crippen LogP contribution in [-0.4, -0.2) is 50.9 Å². The number of likely N-dealkylation sites (N-methyl/N-ethyl adjacent to an activating group) is 1. The zero-order chi connectivity index (χ0) is 31.5. The molecule has 9 heteroatoms. The summed E-state index contributed by atoms with van der Waals surface area (Å²) in [4.78, 5) is 29.5. The van der Waals surface area contributed by atoms with E-state index in [1.165, 1.54) is 17.0 Å². The van der Waals surface area contributed by atoms with Crippen LogP contribution in [0.15, 0.2) is 114 Å². The molecule has 4 rings (SSSR count). The summed E-state index contributed by atoms with van der Waals surface area (Å²) in [7, 11) is -4.18. The molecule has 0 heterocycles. The van der Waals surface area contributed by atoms with Gasteiger partial charge in [-0.2, -0.15) is 0 Å². The number of nitrogens with one attached hydrogen (secondary N) is 1. The molecular formula is C35H39N3O5S. The summed E-state index contributed by atoms with van der Waals surface area (Å²) in [5.74, 6) is -0.262. The van der Waals surface area contributed by atoms with Gasteiger partial charge in [-0.25, -0.2) is 8.42 Å². The number of hydrogen-bond donors (Lipinski definition) is 1. The van der Waals surface area contributed by atoms with Gasteiger partial charge in [0.25, 0.3) is 10.0 Å². The van der Waals surface area contributed by atoms with Crippen molar-refractivity contribution in [1.29, 1.82) is 0 Å². The Morgan fingerprint density at radius 1 is 0.818 bits per heavy atom. The van der Waals surface area contributed by atoms with Crippen molar-refractivity contribution in [3.05, 3.63) is 126 Å². The van der Waals surface area contributed by atoms with Gasteiger partial charge < -0.3 is 15.0 Å². The molecule has 0 saturated heterocycles. The summed E-state index contributed by atoms with van der Waals surface area (Å²) in [5.41, 5.74) is 3.04. The Labute approximate surface area is 260 Å². The molecule has 0 bridgehead atoms. The predicted octanol–water partition coefficient (Wildman–Crippen LogP) is 5.37. The monoisotopic (exact) mass is 613 g/mol. The Balaban J connectivity index is 1.77. The first-order valence-electron chi connectivity index (χ1n) is 14.7. The molecule has 0 aromatic heterocycles. The van der Waals surface area contributed by atoms with E-state index in [9.17, 15) is 18.0 Å². The standard InChI is InChI=1S/C35H39N3O5S/c1-4-36-35(40)33(24-28-15-8-6-9-16-28)37(25-29-17-13-12-14-27(29)3)34(39)26-38(30-18-10-7-11-19-30)44(41,42)32-22-20-31(21-23-32)43-5-2/h6-23,33H,4-5,24-26H2,1-3H3,(H,36,40). The molecule has 2 amide bonds. The number of aryl methyl sites for hydroxylation is 1. The Morgan fingerprint density at radius 2 is 1.43 bits per heavy atom. The van der Waals surface area contributed by atoms with Crippen LogP contribution in [0, 0.1) is 6.92 Å². The minimum atomic E-state index is -4.18. The lowest BCUT2D eigenvalue weighted by Gasteiger charge is -2.34. The van der Waals surface area contributed by atoms with E-state index in [0.717, 1.165) is 21.0 Å². The van der Waals surface area contributed by atoms with E-state index in [0.29, 0.717) is 24.6 Å². The second kappa shape index (κ2) is 15.2. The van der Waals surface area contributed by atoms with Gasteiger partial charge in [0.15, 0.2) is 0 Å². The average Bonchev–Trinajstić information content (AvgIpc) is 3.03. The van der Waals surface area contributed by atoms with Gasteiger partial charge in [0.05, 0.1) is 17.2 Å². The van der Waals surface area contributed by atoms with E-state index in [4.69, 9.17) is 4.74 Å². The first-order valence-corrected chi connectivity index (χ1v) is 16.1. The van der Waals surface area contributed by atoms with Crippen molar-refractivity contribution in [3.8, 4) is 5.75 Å². The summed E-state index contributed by atoms with van der Waals surface area (Å²) in [6.45, 7) is 6.08. The van der Waals surface area contributed by atoms with Gasteiger partial charge in [-0.1, -0.05) is 72.8 Å². The van der Waals surface area contributed by atoms with E-state index < -0.39 is 28.5 Å². The highest BCUT2D eigenvalue weighted by atomic mass is 32.2. The Bertz CT molecular complexity index is 1630. The summed E-state index contributed by atoms with van der Waals surface area (Å²) in [6, 6.07) is 30.9. The number of carbonyl (C=O) groups is 2. The van der Waals surface area contributed by atoms with Crippen molar-refractivity contribution in [3.63, 3.8) is 0 Å². The molecule has 0 saturated carbocycles. The smallest absolute Gasteiger partial charge is 0.264 e. The lowest BCUT2D eigenvalue weighted by atomic mass is 10.0. The molecule has 0 aliphatic rings. The van der Waals surface area contributed by atoms with E-state index in [1.54, 1.807) is 42.5 Å². The van der Waals surface area contributed by atoms with Gasteiger partial charge in [0.1, 0.15) is 18.3 Å². The number of nitrogens with zero attached hydrogens (tertiary/aromatic N) is 2. The van der Waals surface area contributed by atoms with Crippen LogP contribution in [0.3, 0.4) is 0 Å². The molecule has 4 aromatic rings. The SMILES string of the molecule is CCNC(=O)C(Cc1ccccc1)N(Cc1ccccc1C)C(=O)CN(c1ccccc1)S(=O)(=O)c1ccc(OCC)cc1. The lowest BCUT2D eigenvalue weighted by Crippen LogP contribution is -2.53. The summed E-state index contributed by atoms with van der Waals surface area (Å²) >= 11 is 0. The van der Waals surface area contributed by atoms with Gasteiger partial charge >= 0.3 is 0 Å². The molecule has 0 fully saturated rings. The van der Waals surface area contributed by atoms with Gasteiger partial charge in [0.2, 0.25) is 11.8 Å². The number of sulfonamides is 1. The van der Waals surface area contributed by atoms with Crippen molar-refractivity contribution < 1.29 is 22.7 Å². The molecule has 1 N–H and O–H groups in total. The first kappa shape index (κ1) is 32.3. The summed E-state index contributed by atoms with van der Waals surface area (Å²) < 4.78 is 34.8. The molecule has 8 nitrogen and oxygen atoms in total. The van der Waals surface area contributed by atoms with Crippen molar-refractivity contribution in [2.45, 2.75) is 44.7 Å². The number of ether oxygens (including phenoxy) is 1. The molecule has 1 atom stereocenters. The maximum Gasteiger partial charge on any atom is 0.264 e. The maximum atomic E-state index is 14.4. The van der Waals surface area contributed by atoms with Gasteiger partial charge in [-0.15, -0.1) is 0 Å². The fourth-order valence-electron chi connectivity index (χ4n) is 4.94. The number of benzene rings is 4. The predicted molar refractivity (Wildman–Crippen MR) is 173 cm³/mol. The van der Waals surface area contributed by atoms with Crippen molar-refractivity contribution >= 4 is 27.5 Å². The lowest BCUT2D eigenvalue weighted by molar-refractivity contribution is -0.140. The van der Waals surface area contributed by atoms with Crippen LogP contribution >= 0.6 is 0 Å². The number of para-hydroxylation sites is 1. The third-order valence-corrected chi connectivity index (χ3v) is 9.06. The van der Waals surface area contributed by atoms with Crippen molar-refractivity contribution in [2.24, 2.45) is 0 Å². The molecule has 0 radical (unpaired) electrons. The van der Waals surface area contributed by atoms with Crippen LogP contribution in [0.25, 0.3) is 0 Å². The molecule has 0 aliphatic heterocycles. The number of anilines is 1. The van der Waals surface area contributed by atoms with Crippen LogP contribution in [0.2, 0.25) is 0 Å². The first-order chi connectivity index (χ1) is 21.2.